The Morgan fingerprint density at radius 2 is 1.52 bits per heavy atom. The lowest BCUT2D eigenvalue weighted by molar-refractivity contribution is 0.104. The molecule has 0 spiro atoms. The van der Waals surface area contributed by atoms with Crippen LogP contribution in [0.1, 0.15) is 27.0 Å². The van der Waals surface area contributed by atoms with Gasteiger partial charge in [0.2, 0.25) is 5.78 Å². The molecule has 0 radical (unpaired) electrons. The van der Waals surface area contributed by atoms with Crippen LogP contribution in [0.15, 0.2) is 82.2 Å². The molecular weight excluding hydrogens is 472 g/mol. The van der Waals surface area contributed by atoms with E-state index >= 15 is 0 Å². The van der Waals surface area contributed by atoms with E-state index in [0.29, 0.717) is 16.1 Å². The van der Waals surface area contributed by atoms with Crippen molar-refractivity contribution in [1.29, 1.82) is 0 Å². The minimum atomic E-state index is -3.89. The maximum atomic E-state index is 13.2. The zero-order chi connectivity index (χ0) is 21.0. The van der Waals surface area contributed by atoms with Crippen LogP contribution in [0, 0.1) is 6.92 Å². The van der Waals surface area contributed by atoms with Crippen molar-refractivity contribution in [3.05, 3.63) is 109 Å². The molecule has 0 aliphatic carbocycles. The van der Waals surface area contributed by atoms with Gasteiger partial charge in [0.15, 0.2) is 9.84 Å². The molecule has 0 heterocycles. The number of hydrogen-bond acceptors (Lipinski definition) is 3. The molecule has 3 aromatic rings. The van der Waals surface area contributed by atoms with Gasteiger partial charge < -0.3 is 0 Å². The first-order valence-corrected chi connectivity index (χ1v) is 11.6. The standard InChI is InChI=1S/C23H18BrClO3S/c1-16-2-4-18(5-3-16)15-29(27,28)22(14-17-6-10-20(24)11-7-17)23(26)19-8-12-21(25)13-9-19/h2-14H,15H2,1H3/b22-14+. The molecule has 0 aliphatic rings. The van der Waals surface area contributed by atoms with Crippen molar-refractivity contribution in [2.75, 3.05) is 0 Å². The Kier molecular flexibility index (Phi) is 6.73. The van der Waals surface area contributed by atoms with Crippen LogP contribution in [0.2, 0.25) is 5.02 Å². The molecule has 148 valence electrons. The van der Waals surface area contributed by atoms with Crippen molar-refractivity contribution in [2.45, 2.75) is 12.7 Å². The topological polar surface area (TPSA) is 51.2 Å². The van der Waals surface area contributed by atoms with E-state index in [1.165, 1.54) is 18.2 Å². The van der Waals surface area contributed by atoms with E-state index in [1.807, 2.05) is 19.1 Å². The summed E-state index contributed by atoms with van der Waals surface area (Å²) in [5.74, 6) is -0.814. The van der Waals surface area contributed by atoms with Gasteiger partial charge in [-0.15, -0.1) is 0 Å². The minimum Gasteiger partial charge on any atom is -0.288 e. The van der Waals surface area contributed by atoms with Crippen molar-refractivity contribution < 1.29 is 13.2 Å². The summed E-state index contributed by atoms with van der Waals surface area (Å²) in [6.07, 6.45) is 1.42. The zero-order valence-electron chi connectivity index (χ0n) is 15.6. The first-order valence-electron chi connectivity index (χ1n) is 8.80. The maximum absolute atomic E-state index is 13.2. The molecule has 0 amide bonds. The SMILES string of the molecule is Cc1ccc(CS(=O)(=O)/C(=C/c2ccc(Br)cc2)C(=O)c2ccc(Cl)cc2)cc1. The second kappa shape index (κ2) is 9.08. The van der Waals surface area contributed by atoms with Crippen LogP contribution in [-0.2, 0) is 15.6 Å². The van der Waals surface area contributed by atoms with Gasteiger partial charge in [0.1, 0.15) is 4.91 Å². The molecule has 0 saturated carbocycles. The molecular formula is C23H18BrClO3S. The smallest absolute Gasteiger partial charge is 0.204 e. The number of hydrogen-bond donors (Lipinski definition) is 0. The third kappa shape index (κ3) is 5.66. The maximum Gasteiger partial charge on any atom is 0.204 e. The first kappa shape index (κ1) is 21.5. The Bertz CT molecular complexity index is 1150. The van der Waals surface area contributed by atoms with Crippen LogP contribution < -0.4 is 0 Å². The summed E-state index contributed by atoms with van der Waals surface area (Å²) < 4.78 is 27.3. The lowest BCUT2D eigenvalue weighted by Crippen LogP contribution is -2.16. The van der Waals surface area contributed by atoms with Crippen LogP contribution >= 0.6 is 27.5 Å². The summed E-state index contributed by atoms with van der Waals surface area (Å²) in [7, 11) is -3.89. The molecule has 3 nitrogen and oxygen atoms in total. The van der Waals surface area contributed by atoms with Gasteiger partial charge in [-0.3, -0.25) is 4.79 Å². The quantitative estimate of drug-likeness (QED) is 0.304. The van der Waals surface area contributed by atoms with Gasteiger partial charge >= 0.3 is 0 Å². The summed E-state index contributed by atoms with van der Waals surface area (Å²) in [5, 5.41) is 0.475. The Morgan fingerprint density at radius 3 is 2.10 bits per heavy atom. The van der Waals surface area contributed by atoms with E-state index in [4.69, 9.17) is 11.6 Å². The van der Waals surface area contributed by atoms with E-state index in [2.05, 4.69) is 15.9 Å². The molecule has 29 heavy (non-hydrogen) atoms. The number of rotatable bonds is 6. The fraction of sp³-hybridized carbons (Fsp3) is 0.0870. The van der Waals surface area contributed by atoms with Crippen LogP contribution in [0.5, 0.6) is 0 Å². The highest BCUT2D eigenvalue weighted by Crippen LogP contribution is 2.24. The van der Waals surface area contributed by atoms with Crippen LogP contribution in [-0.4, -0.2) is 14.2 Å². The van der Waals surface area contributed by atoms with Crippen molar-refractivity contribution in [3.63, 3.8) is 0 Å². The van der Waals surface area contributed by atoms with Crippen molar-refractivity contribution in [3.8, 4) is 0 Å². The second-order valence-electron chi connectivity index (χ2n) is 6.64. The van der Waals surface area contributed by atoms with Gasteiger partial charge in [-0.1, -0.05) is 69.5 Å². The van der Waals surface area contributed by atoms with Gasteiger partial charge in [-0.2, -0.15) is 0 Å². The second-order valence-corrected chi connectivity index (χ2v) is 9.95. The molecule has 0 unspecified atom stereocenters. The van der Waals surface area contributed by atoms with E-state index in [0.717, 1.165) is 10.0 Å². The monoisotopic (exact) mass is 488 g/mol. The van der Waals surface area contributed by atoms with E-state index < -0.39 is 15.6 Å². The molecule has 3 rings (SSSR count). The number of sulfone groups is 1. The molecule has 0 aliphatic heterocycles. The van der Waals surface area contributed by atoms with Crippen molar-refractivity contribution in [1.82, 2.24) is 0 Å². The summed E-state index contributed by atoms with van der Waals surface area (Å²) >= 11 is 9.26. The van der Waals surface area contributed by atoms with E-state index in [1.54, 1.807) is 48.5 Å². The largest absolute Gasteiger partial charge is 0.288 e. The fourth-order valence-electron chi connectivity index (χ4n) is 2.73. The molecule has 0 fully saturated rings. The fourth-order valence-corrected chi connectivity index (χ4v) is 4.63. The normalized spacial score (nSPS) is 12.0. The van der Waals surface area contributed by atoms with Gasteiger partial charge in [0.25, 0.3) is 0 Å². The summed E-state index contributed by atoms with van der Waals surface area (Å²) in [4.78, 5) is 12.9. The van der Waals surface area contributed by atoms with Gasteiger partial charge in [0, 0.05) is 15.1 Å². The molecule has 6 heteroatoms. The van der Waals surface area contributed by atoms with Crippen LogP contribution in [0.4, 0.5) is 0 Å². The van der Waals surface area contributed by atoms with Crippen molar-refractivity contribution >= 4 is 49.2 Å². The highest BCUT2D eigenvalue weighted by Gasteiger charge is 2.26. The summed E-state index contributed by atoms with van der Waals surface area (Å²) in [5.41, 5.74) is 2.55. The Labute approximate surface area is 184 Å². The van der Waals surface area contributed by atoms with Gasteiger partial charge in [-0.25, -0.2) is 8.42 Å². The molecule has 3 aromatic carbocycles. The lowest BCUT2D eigenvalue weighted by atomic mass is 10.1. The molecule has 0 N–H and O–H groups in total. The molecule has 0 bridgehead atoms. The number of Topliss-reactive ketones (excluding diaryl/α,β-unsaturated/α-hetero) is 1. The number of carbonyl (C=O) groups is 1. The minimum absolute atomic E-state index is 0.247. The Morgan fingerprint density at radius 1 is 0.931 bits per heavy atom. The van der Waals surface area contributed by atoms with E-state index in [-0.39, 0.29) is 16.2 Å². The number of carbonyl (C=O) groups excluding carboxylic acids is 1. The predicted molar refractivity (Wildman–Crippen MR) is 122 cm³/mol. The van der Waals surface area contributed by atoms with E-state index in [9.17, 15) is 13.2 Å². The average molecular weight is 490 g/mol. The third-order valence-electron chi connectivity index (χ3n) is 4.31. The molecule has 0 atom stereocenters. The number of allylic oxidation sites excluding steroid dienone is 1. The lowest BCUT2D eigenvalue weighted by Gasteiger charge is -2.10. The summed E-state index contributed by atoms with van der Waals surface area (Å²) in [6, 6.07) is 20.5. The molecule has 0 aromatic heterocycles. The highest BCUT2D eigenvalue weighted by atomic mass is 79.9. The van der Waals surface area contributed by atoms with Gasteiger partial charge in [0.05, 0.1) is 5.75 Å². The number of ketones is 1. The third-order valence-corrected chi connectivity index (χ3v) is 6.78. The zero-order valence-corrected chi connectivity index (χ0v) is 18.8. The average Bonchev–Trinajstić information content (AvgIpc) is 2.69. The number of benzene rings is 3. The first-order chi connectivity index (χ1) is 13.7. The Balaban J connectivity index is 2.05. The number of aryl methyl sites for hydroxylation is 1. The summed E-state index contributed by atoms with van der Waals surface area (Å²) in [6.45, 7) is 1.93. The highest BCUT2D eigenvalue weighted by molar-refractivity contribution is 9.10. The van der Waals surface area contributed by atoms with Crippen LogP contribution in [0.25, 0.3) is 6.08 Å². The van der Waals surface area contributed by atoms with Gasteiger partial charge in [-0.05, 0) is 60.5 Å². The van der Waals surface area contributed by atoms with Crippen LogP contribution in [0.3, 0.4) is 0 Å². The predicted octanol–water partition coefficient (Wildman–Crippen LogP) is 6.25. The Hall–Kier alpha value is -2.21. The van der Waals surface area contributed by atoms with Crippen molar-refractivity contribution in [2.24, 2.45) is 0 Å². The molecule has 0 saturated heterocycles. The number of halogens is 2.